The minimum atomic E-state index is -1.25. The minimum Gasteiger partial charge on any atom is -0.506 e. The number of carbonyl (C=O) groups excluding carboxylic acids is 2. The molecule has 0 saturated carbocycles. The standard InChI is InChI=1S/C24H30O8/c1-7-11(3)20(27)19-21(28)18-13(15(8-2)30-12(4)25)10-17(26)32-22(18)14-9-16(24(5,6)29)31-23(14)19/h10-11,15-16,28-29H,7-9H2,1-6H3/t11-,15+,16+/m0/s1. The van der Waals surface area contributed by atoms with E-state index in [-0.39, 0.29) is 45.8 Å². The van der Waals surface area contributed by atoms with Gasteiger partial charge >= 0.3 is 11.6 Å². The number of rotatable bonds is 7. The van der Waals surface area contributed by atoms with E-state index in [2.05, 4.69) is 0 Å². The van der Waals surface area contributed by atoms with Gasteiger partial charge in [-0.3, -0.25) is 9.59 Å². The summed E-state index contributed by atoms with van der Waals surface area (Å²) >= 11 is 0. The molecule has 0 fully saturated rings. The molecule has 2 N–H and O–H groups in total. The smallest absolute Gasteiger partial charge is 0.336 e. The number of phenols is 1. The van der Waals surface area contributed by atoms with Crippen molar-refractivity contribution >= 4 is 22.7 Å². The maximum absolute atomic E-state index is 13.3. The van der Waals surface area contributed by atoms with E-state index in [9.17, 15) is 24.6 Å². The molecule has 0 spiro atoms. The maximum Gasteiger partial charge on any atom is 0.336 e. The number of hydrogen-bond acceptors (Lipinski definition) is 8. The monoisotopic (exact) mass is 446 g/mol. The van der Waals surface area contributed by atoms with Gasteiger partial charge in [0.2, 0.25) is 0 Å². The van der Waals surface area contributed by atoms with E-state index >= 15 is 0 Å². The van der Waals surface area contributed by atoms with Gasteiger partial charge in [-0.25, -0.2) is 4.79 Å². The number of aromatic hydroxyl groups is 1. The quantitative estimate of drug-likeness (QED) is 0.374. The topological polar surface area (TPSA) is 123 Å². The molecule has 0 unspecified atom stereocenters. The van der Waals surface area contributed by atoms with Crippen molar-refractivity contribution in [2.24, 2.45) is 5.92 Å². The fraction of sp³-hybridized carbons (Fsp3) is 0.542. The molecule has 0 saturated heterocycles. The van der Waals surface area contributed by atoms with Crippen molar-refractivity contribution in [3.63, 3.8) is 0 Å². The third-order valence-electron chi connectivity index (χ3n) is 6.01. The average Bonchev–Trinajstić information content (AvgIpc) is 3.16. The fourth-order valence-electron chi connectivity index (χ4n) is 4.01. The van der Waals surface area contributed by atoms with E-state index in [1.807, 2.05) is 6.92 Å². The Hall–Kier alpha value is -2.87. The maximum atomic E-state index is 13.3. The Morgan fingerprint density at radius 3 is 2.47 bits per heavy atom. The summed E-state index contributed by atoms with van der Waals surface area (Å²) in [6.07, 6.45) is -0.474. The molecule has 0 aliphatic carbocycles. The molecule has 0 radical (unpaired) electrons. The molecule has 1 aliphatic rings. The molecule has 1 aromatic carbocycles. The molecule has 8 nitrogen and oxygen atoms in total. The van der Waals surface area contributed by atoms with Crippen molar-refractivity contribution in [2.45, 2.75) is 78.6 Å². The summed E-state index contributed by atoms with van der Waals surface area (Å²) in [5.74, 6) is -1.53. The second kappa shape index (κ2) is 8.58. The average molecular weight is 446 g/mol. The minimum absolute atomic E-state index is 0.0126. The van der Waals surface area contributed by atoms with Crippen LogP contribution in [0.3, 0.4) is 0 Å². The Morgan fingerprint density at radius 1 is 1.28 bits per heavy atom. The highest BCUT2D eigenvalue weighted by molar-refractivity contribution is 6.09. The van der Waals surface area contributed by atoms with Gasteiger partial charge in [-0.1, -0.05) is 20.8 Å². The molecule has 0 amide bonds. The van der Waals surface area contributed by atoms with E-state index in [4.69, 9.17) is 13.9 Å². The summed E-state index contributed by atoms with van der Waals surface area (Å²) in [6.45, 7) is 9.80. The number of fused-ring (bicyclic) bond motifs is 3. The Bertz CT molecular complexity index is 1120. The number of aliphatic hydroxyl groups is 1. The van der Waals surface area contributed by atoms with Crippen molar-refractivity contribution in [1.82, 2.24) is 0 Å². The van der Waals surface area contributed by atoms with Crippen LogP contribution >= 0.6 is 0 Å². The zero-order valence-corrected chi connectivity index (χ0v) is 19.3. The predicted octanol–water partition coefficient (Wildman–Crippen LogP) is 3.82. The van der Waals surface area contributed by atoms with Gasteiger partial charge in [0, 0.05) is 36.5 Å². The molecule has 1 aliphatic heterocycles. The summed E-state index contributed by atoms with van der Waals surface area (Å²) in [5, 5.41) is 22.0. The zero-order valence-electron chi connectivity index (χ0n) is 19.3. The zero-order chi connectivity index (χ0) is 24.0. The number of esters is 1. The van der Waals surface area contributed by atoms with Crippen LogP contribution in [0.1, 0.15) is 82.0 Å². The number of Topliss-reactive ketones (excluding diaryl/α,β-unsaturated/α-hetero) is 1. The lowest BCUT2D eigenvalue weighted by atomic mass is 9.89. The van der Waals surface area contributed by atoms with E-state index in [1.54, 1.807) is 27.7 Å². The fourth-order valence-corrected chi connectivity index (χ4v) is 4.01. The number of carbonyl (C=O) groups is 2. The van der Waals surface area contributed by atoms with E-state index < -0.39 is 35.3 Å². The first-order valence-electron chi connectivity index (χ1n) is 10.9. The van der Waals surface area contributed by atoms with Crippen LogP contribution in [0.5, 0.6) is 11.5 Å². The van der Waals surface area contributed by atoms with Gasteiger partial charge < -0.3 is 24.1 Å². The first-order valence-corrected chi connectivity index (χ1v) is 10.9. The summed E-state index contributed by atoms with van der Waals surface area (Å²) in [6, 6.07) is 1.17. The molecule has 0 bridgehead atoms. The van der Waals surface area contributed by atoms with Crippen molar-refractivity contribution in [1.29, 1.82) is 0 Å². The van der Waals surface area contributed by atoms with Crippen LogP contribution in [0.4, 0.5) is 0 Å². The van der Waals surface area contributed by atoms with Crippen LogP contribution in [0.2, 0.25) is 0 Å². The Labute approximate surface area is 186 Å². The molecule has 2 aromatic rings. The predicted molar refractivity (Wildman–Crippen MR) is 117 cm³/mol. The highest BCUT2D eigenvalue weighted by Crippen LogP contribution is 2.48. The highest BCUT2D eigenvalue weighted by atomic mass is 16.5. The molecule has 3 atom stereocenters. The van der Waals surface area contributed by atoms with Crippen molar-refractivity contribution in [3.05, 3.63) is 33.2 Å². The number of phenolic OH excluding ortho intramolecular Hbond substituents is 1. The first-order chi connectivity index (χ1) is 14.9. The van der Waals surface area contributed by atoms with Crippen LogP contribution in [0.25, 0.3) is 11.0 Å². The largest absolute Gasteiger partial charge is 0.506 e. The molecule has 2 heterocycles. The van der Waals surface area contributed by atoms with Crippen LogP contribution in [0.15, 0.2) is 15.3 Å². The molecule has 8 heteroatoms. The van der Waals surface area contributed by atoms with Gasteiger partial charge in [-0.15, -0.1) is 0 Å². The normalized spacial score (nSPS) is 17.5. The first kappa shape index (κ1) is 23.8. The van der Waals surface area contributed by atoms with Gasteiger partial charge in [0.25, 0.3) is 0 Å². The lowest BCUT2D eigenvalue weighted by Crippen LogP contribution is -2.39. The second-order valence-corrected chi connectivity index (χ2v) is 8.90. The van der Waals surface area contributed by atoms with Gasteiger partial charge in [0.15, 0.2) is 5.78 Å². The van der Waals surface area contributed by atoms with Crippen LogP contribution < -0.4 is 10.4 Å². The Kier molecular flexibility index (Phi) is 6.38. The number of hydrogen-bond donors (Lipinski definition) is 2. The van der Waals surface area contributed by atoms with Crippen LogP contribution in [-0.2, 0) is 16.0 Å². The number of benzene rings is 1. The van der Waals surface area contributed by atoms with Gasteiger partial charge in [-0.05, 0) is 26.7 Å². The SMILES string of the molecule is CC[C@H](C)C(=O)c1c2c(c3oc(=O)cc([C@@H](CC)OC(C)=O)c3c1O)C[C@H](C(C)(C)O)O2. The van der Waals surface area contributed by atoms with Crippen LogP contribution in [-0.4, -0.2) is 33.7 Å². The lowest BCUT2D eigenvalue weighted by molar-refractivity contribution is -0.146. The van der Waals surface area contributed by atoms with E-state index in [0.717, 1.165) is 0 Å². The lowest BCUT2D eigenvalue weighted by Gasteiger charge is -2.25. The summed E-state index contributed by atoms with van der Waals surface area (Å²) in [5.41, 5.74) is -1.20. The van der Waals surface area contributed by atoms with Crippen molar-refractivity contribution in [2.75, 3.05) is 0 Å². The van der Waals surface area contributed by atoms with Gasteiger partial charge in [0.1, 0.15) is 34.9 Å². The number of ether oxygens (including phenoxy) is 2. The Morgan fingerprint density at radius 2 is 1.94 bits per heavy atom. The third-order valence-corrected chi connectivity index (χ3v) is 6.01. The van der Waals surface area contributed by atoms with Crippen LogP contribution in [0, 0.1) is 5.92 Å². The summed E-state index contributed by atoms with van der Waals surface area (Å²) < 4.78 is 16.8. The third kappa shape index (κ3) is 4.11. The Balaban J connectivity index is 2.42. The second-order valence-electron chi connectivity index (χ2n) is 8.90. The molecular formula is C24H30O8. The van der Waals surface area contributed by atoms with E-state index in [1.165, 1.54) is 13.0 Å². The van der Waals surface area contributed by atoms with Crippen molar-refractivity contribution < 1.29 is 33.7 Å². The van der Waals surface area contributed by atoms with Crippen molar-refractivity contribution in [3.8, 4) is 11.5 Å². The van der Waals surface area contributed by atoms with Gasteiger partial charge in [-0.2, -0.15) is 0 Å². The number of ketones is 1. The molecule has 174 valence electrons. The summed E-state index contributed by atoms with van der Waals surface area (Å²) in [4.78, 5) is 37.3. The van der Waals surface area contributed by atoms with E-state index in [0.29, 0.717) is 18.4 Å². The summed E-state index contributed by atoms with van der Waals surface area (Å²) in [7, 11) is 0. The molecule has 32 heavy (non-hydrogen) atoms. The van der Waals surface area contributed by atoms with Gasteiger partial charge in [0.05, 0.1) is 11.0 Å². The highest BCUT2D eigenvalue weighted by Gasteiger charge is 2.41. The molecule has 1 aromatic heterocycles. The molecule has 3 rings (SSSR count). The molecular weight excluding hydrogens is 416 g/mol.